The van der Waals surface area contributed by atoms with Gasteiger partial charge in [-0.2, -0.15) is 0 Å². The van der Waals surface area contributed by atoms with Crippen LogP contribution >= 0.6 is 0 Å². The fraction of sp³-hybridized carbons (Fsp3) is 1.00. The molecule has 96 valence electrons. The number of nitrogens with zero attached hydrogens (tertiary/aromatic N) is 1. The van der Waals surface area contributed by atoms with E-state index >= 15 is 0 Å². The second-order valence-electron chi connectivity index (χ2n) is 6.14. The second-order valence-corrected chi connectivity index (χ2v) is 6.14. The fourth-order valence-corrected chi connectivity index (χ4v) is 3.10. The summed E-state index contributed by atoms with van der Waals surface area (Å²) >= 11 is 0. The molecule has 0 aromatic heterocycles. The van der Waals surface area contributed by atoms with E-state index in [1.165, 1.54) is 44.9 Å². The van der Waals surface area contributed by atoms with Gasteiger partial charge in [-0.15, -0.1) is 0 Å². The Labute approximate surface area is 102 Å². The molecule has 0 aromatic carbocycles. The van der Waals surface area contributed by atoms with E-state index in [4.69, 9.17) is 5.73 Å². The topological polar surface area (TPSA) is 29.3 Å². The van der Waals surface area contributed by atoms with E-state index in [2.05, 4.69) is 32.8 Å². The van der Waals surface area contributed by atoms with E-state index in [0.717, 1.165) is 5.92 Å². The molecule has 1 aliphatic rings. The first-order valence-corrected chi connectivity index (χ1v) is 6.92. The molecule has 2 nitrogen and oxygen atoms in total. The van der Waals surface area contributed by atoms with Crippen LogP contribution in [0.3, 0.4) is 0 Å². The van der Waals surface area contributed by atoms with Crippen LogP contribution in [0.25, 0.3) is 0 Å². The van der Waals surface area contributed by atoms with Gasteiger partial charge in [0.1, 0.15) is 0 Å². The van der Waals surface area contributed by atoms with E-state index in [-0.39, 0.29) is 5.54 Å². The van der Waals surface area contributed by atoms with Crippen molar-refractivity contribution in [2.75, 3.05) is 14.1 Å². The Kier molecular flexibility index (Phi) is 5.26. The van der Waals surface area contributed by atoms with Gasteiger partial charge in [0.15, 0.2) is 0 Å². The maximum atomic E-state index is 6.49. The molecule has 0 amide bonds. The lowest BCUT2D eigenvalue weighted by Crippen LogP contribution is -2.58. The Hall–Kier alpha value is -0.0800. The van der Waals surface area contributed by atoms with Crippen molar-refractivity contribution in [3.05, 3.63) is 0 Å². The Balaban J connectivity index is 2.61. The van der Waals surface area contributed by atoms with Crippen molar-refractivity contribution in [1.82, 2.24) is 4.90 Å². The molecule has 2 heteroatoms. The van der Waals surface area contributed by atoms with Crippen molar-refractivity contribution in [2.24, 2.45) is 11.7 Å². The zero-order chi connectivity index (χ0) is 12.2. The molecule has 1 fully saturated rings. The first-order valence-electron chi connectivity index (χ1n) is 6.92. The largest absolute Gasteiger partial charge is 0.326 e. The average molecular weight is 226 g/mol. The van der Waals surface area contributed by atoms with Crippen molar-refractivity contribution >= 4 is 0 Å². The van der Waals surface area contributed by atoms with Crippen LogP contribution in [-0.4, -0.2) is 30.6 Å². The molecule has 0 saturated heterocycles. The molecule has 0 aliphatic heterocycles. The molecule has 0 aromatic rings. The lowest BCUT2D eigenvalue weighted by atomic mass is 9.74. The normalized spacial score (nSPS) is 22.7. The maximum absolute atomic E-state index is 6.49. The van der Waals surface area contributed by atoms with Gasteiger partial charge >= 0.3 is 0 Å². The van der Waals surface area contributed by atoms with E-state index < -0.39 is 0 Å². The van der Waals surface area contributed by atoms with Crippen LogP contribution in [0.15, 0.2) is 0 Å². The monoisotopic (exact) mass is 226 g/mol. The minimum Gasteiger partial charge on any atom is -0.326 e. The summed E-state index contributed by atoms with van der Waals surface area (Å²) in [5.74, 6) is 0.772. The third-order valence-corrected chi connectivity index (χ3v) is 4.36. The average Bonchev–Trinajstić information content (AvgIpc) is 2.26. The van der Waals surface area contributed by atoms with Gasteiger partial charge in [0.25, 0.3) is 0 Å². The molecule has 1 saturated carbocycles. The van der Waals surface area contributed by atoms with E-state index in [9.17, 15) is 0 Å². The molecule has 1 aliphatic carbocycles. The first-order chi connectivity index (χ1) is 7.49. The van der Waals surface area contributed by atoms with Gasteiger partial charge in [0.05, 0.1) is 0 Å². The number of hydrogen-bond donors (Lipinski definition) is 1. The van der Waals surface area contributed by atoms with Crippen LogP contribution in [0.4, 0.5) is 0 Å². The van der Waals surface area contributed by atoms with Gasteiger partial charge in [0.2, 0.25) is 0 Å². The van der Waals surface area contributed by atoms with Gasteiger partial charge in [-0.3, -0.25) is 0 Å². The standard InChI is InChI=1S/C14H30N2/c1-12(2)8-9-13(15)14(16(3)4)10-6-5-7-11-14/h12-13H,5-11,15H2,1-4H3. The smallest absolute Gasteiger partial charge is 0.0354 e. The van der Waals surface area contributed by atoms with Gasteiger partial charge in [-0.05, 0) is 45.7 Å². The molecule has 1 atom stereocenters. The van der Waals surface area contributed by atoms with E-state index in [1.54, 1.807) is 0 Å². The highest BCUT2D eigenvalue weighted by Crippen LogP contribution is 2.36. The summed E-state index contributed by atoms with van der Waals surface area (Å²) in [5, 5.41) is 0. The third-order valence-electron chi connectivity index (χ3n) is 4.36. The Morgan fingerprint density at radius 2 is 1.62 bits per heavy atom. The minimum atomic E-state index is 0.285. The van der Waals surface area contributed by atoms with Crippen LogP contribution in [0, 0.1) is 5.92 Å². The first kappa shape index (κ1) is 14.0. The summed E-state index contributed by atoms with van der Waals surface area (Å²) in [6, 6.07) is 0.352. The summed E-state index contributed by atoms with van der Waals surface area (Å²) < 4.78 is 0. The predicted molar refractivity (Wildman–Crippen MR) is 71.6 cm³/mol. The molecule has 0 bridgehead atoms. The summed E-state index contributed by atoms with van der Waals surface area (Å²) in [4.78, 5) is 2.40. The minimum absolute atomic E-state index is 0.285. The lowest BCUT2D eigenvalue weighted by molar-refractivity contribution is 0.0665. The maximum Gasteiger partial charge on any atom is 0.0354 e. The van der Waals surface area contributed by atoms with Crippen molar-refractivity contribution in [3.8, 4) is 0 Å². The summed E-state index contributed by atoms with van der Waals surface area (Å²) in [6.07, 6.45) is 9.12. The van der Waals surface area contributed by atoms with Gasteiger partial charge in [-0.1, -0.05) is 33.1 Å². The van der Waals surface area contributed by atoms with E-state index in [0.29, 0.717) is 6.04 Å². The predicted octanol–water partition coefficient (Wildman–Crippen LogP) is 3.01. The van der Waals surface area contributed by atoms with Crippen LogP contribution < -0.4 is 5.73 Å². The van der Waals surface area contributed by atoms with Crippen LogP contribution in [0.2, 0.25) is 0 Å². The van der Waals surface area contributed by atoms with Gasteiger partial charge in [0, 0.05) is 11.6 Å². The summed E-state index contributed by atoms with van der Waals surface area (Å²) in [7, 11) is 4.42. The van der Waals surface area contributed by atoms with Crippen molar-refractivity contribution in [3.63, 3.8) is 0 Å². The van der Waals surface area contributed by atoms with Crippen LogP contribution in [0.1, 0.15) is 58.8 Å². The molecular formula is C14H30N2. The zero-order valence-corrected chi connectivity index (χ0v) is 11.6. The summed E-state index contributed by atoms with van der Waals surface area (Å²) in [6.45, 7) is 4.58. The zero-order valence-electron chi connectivity index (χ0n) is 11.6. The molecule has 16 heavy (non-hydrogen) atoms. The molecule has 0 spiro atoms. The highest BCUT2D eigenvalue weighted by atomic mass is 15.2. The number of nitrogens with two attached hydrogens (primary N) is 1. The highest BCUT2D eigenvalue weighted by Gasteiger charge is 2.39. The van der Waals surface area contributed by atoms with Crippen LogP contribution in [-0.2, 0) is 0 Å². The number of hydrogen-bond acceptors (Lipinski definition) is 2. The number of rotatable bonds is 5. The lowest BCUT2D eigenvalue weighted by Gasteiger charge is -2.47. The molecule has 1 unspecified atom stereocenters. The van der Waals surface area contributed by atoms with Crippen molar-refractivity contribution < 1.29 is 0 Å². The van der Waals surface area contributed by atoms with Crippen molar-refractivity contribution in [1.29, 1.82) is 0 Å². The molecular weight excluding hydrogens is 196 g/mol. The Bertz CT molecular complexity index is 193. The quantitative estimate of drug-likeness (QED) is 0.781. The molecule has 1 rings (SSSR count). The number of likely N-dealkylation sites (N-methyl/N-ethyl adjacent to an activating group) is 1. The second kappa shape index (κ2) is 6.02. The van der Waals surface area contributed by atoms with Crippen molar-refractivity contribution in [2.45, 2.75) is 70.4 Å². The molecule has 0 radical (unpaired) electrons. The molecule has 0 heterocycles. The highest BCUT2D eigenvalue weighted by molar-refractivity contribution is 4.98. The Morgan fingerprint density at radius 3 is 2.06 bits per heavy atom. The fourth-order valence-electron chi connectivity index (χ4n) is 3.10. The van der Waals surface area contributed by atoms with E-state index in [1.807, 2.05) is 0 Å². The molecule has 2 N–H and O–H groups in total. The third kappa shape index (κ3) is 3.21. The summed E-state index contributed by atoms with van der Waals surface area (Å²) in [5.41, 5.74) is 6.78. The SMILES string of the molecule is CC(C)CCC(N)C1(N(C)C)CCCCC1. The van der Waals surface area contributed by atoms with Crippen LogP contribution in [0.5, 0.6) is 0 Å². The Morgan fingerprint density at radius 1 is 1.06 bits per heavy atom. The van der Waals surface area contributed by atoms with Gasteiger partial charge in [-0.25, -0.2) is 0 Å². The van der Waals surface area contributed by atoms with Gasteiger partial charge < -0.3 is 10.6 Å².